The van der Waals surface area contributed by atoms with Gasteiger partial charge in [0, 0.05) is 7.05 Å². The highest BCUT2D eigenvalue weighted by atomic mass is 16.6. The predicted molar refractivity (Wildman–Crippen MR) is 131 cm³/mol. The van der Waals surface area contributed by atoms with E-state index in [4.69, 9.17) is 9.47 Å². The van der Waals surface area contributed by atoms with E-state index < -0.39 is 28.8 Å². The molecule has 1 spiro atoms. The van der Waals surface area contributed by atoms with Crippen LogP contribution in [0.25, 0.3) is 0 Å². The summed E-state index contributed by atoms with van der Waals surface area (Å²) in [4.78, 5) is 42.0. The maximum absolute atomic E-state index is 13.1. The molecule has 4 amide bonds. The normalized spacial score (nSPS) is 24.0. The van der Waals surface area contributed by atoms with Gasteiger partial charge in [-0.25, -0.2) is 9.59 Å². The number of carbonyl (C=O) groups excluding carboxylic acids is 3. The molecule has 8 heteroatoms. The van der Waals surface area contributed by atoms with E-state index in [1.165, 1.54) is 4.90 Å². The summed E-state index contributed by atoms with van der Waals surface area (Å²) in [6.07, 6.45) is 0.582. The lowest BCUT2D eigenvalue weighted by Crippen LogP contribution is -2.74. The number of rotatable bonds is 5. The van der Waals surface area contributed by atoms with E-state index in [1.54, 1.807) is 31.2 Å². The fraction of sp³-hybridized carbons (Fsp3) is 0.444. The Kier molecular flexibility index (Phi) is 6.25. The summed E-state index contributed by atoms with van der Waals surface area (Å²) in [5.41, 5.74) is -0.253. The topological polar surface area (TPSA) is 88.2 Å². The summed E-state index contributed by atoms with van der Waals surface area (Å²) >= 11 is 0. The van der Waals surface area contributed by atoms with Crippen molar-refractivity contribution in [3.63, 3.8) is 0 Å². The van der Waals surface area contributed by atoms with Crippen LogP contribution in [-0.2, 0) is 21.6 Å². The minimum Gasteiger partial charge on any atom is -0.497 e. The average Bonchev–Trinajstić information content (AvgIpc) is 2.79. The van der Waals surface area contributed by atoms with Crippen LogP contribution in [-0.4, -0.2) is 53.1 Å². The highest BCUT2D eigenvalue weighted by molar-refractivity contribution is 5.98. The van der Waals surface area contributed by atoms with Crippen molar-refractivity contribution in [3.8, 4) is 5.75 Å². The zero-order valence-corrected chi connectivity index (χ0v) is 21.0. The number of hydrogen-bond acceptors (Lipinski definition) is 5. The Hall–Kier alpha value is -3.55. The predicted octanol–water partition coefficient (Wildman–Crippen LogP) is 4.43. The molecule has 2 fully saturated rings. The molecule has 2 aromatic rings. The average molecular weight is 480 g/mol. The SMILES string of the molecule is COc1ccc(CN2C(=O)C[C@]3(C[C@](c4ccccc4)(N(C)C(=O)OC(C)(C)C)C3)NC2=O)cc1. The standard InChI is InChI=1S/C27H33N3O5/c1-25(2,3)35-24(33)29(4)27(20-9-7-6-8-10-20)17-26(18-27)15-22(31)30(23(32)28-26)16-19-11-13-21(34-5)14-12-19/h6-14H,15-18H2,1-5H3,(H,28,32)/t26-,27+. The Labute approximate surface area is 206 Å². The molecular weight excluding hydrogens is 446 g/mol. The van der Waals surface area contributed by atoms with Crippen molar-refractivity contribution >= 4 is 18.0 Å². The van der Waals surface area contributed by atoms with E-state index in [-0.39, 0.29) is 18.9 Å². The van der Waals surface area contributed by atoms with Crippen LogP contribution >= 0.6 is 0 Å². The summed E-state index contributed by atoms with van der Waals surface area (Å²) < 4.78 is 10.8. The van der Waals surface area contributed by atoms with Crippen LogP contribution in [0, 0.1) is 0 Å². The van der Waals surface area contributed by atoms with Crippen LogP contribution < -0.4 is 10.1 Å². The number of benzene rings is 2. The number of urea groups is 1. The molecule has 4 rings (SSSR count). The molecule has 0 radical (unpaired) electrons. The molecule has 1 aliphatic carbocycles. The van der Waals surface area contributed by atoms with Crippen molar-refractivity contribution in [2.75, 3.05) is 14.2 Å². The van der Waals surface area contributed by atoms with Crippen LogP contribution in [0.2, 0.25) is 0 Å². The third-order valence-corrected chi connectivity index (χ3v) is 6.79. The van der Waals surface area contributed by atoms with Gasteiger partial charge in [0.2, 0.25) is 5.91 Å². The van der Waals surface area contributed by atoms with Crippen LogP contribution in [0.3, 0.4) is 0 Å². The highest BCUT2D eigenvalue weighted by Gasteiger charge is 2.62. The molecular formula is C27H33N3O5. The van der Waals surface area contributed by atoms with Gasteiger partial charge < -0.3 is 19.7 Å². The first-order valence-corrected chi connectivity index (χ1v) is 11.7. The number of imide groups is 1. The molecule has 0 unspecified atom stereocenters. The van der Waals surface area contributed by atoms with Gasteiger partial charge in [-0.1, -0.05) is 42.5 Å². The smallest absolute Gasteiger partial charge is 0.410 e. The van der Waals surface area contributed by atoms with Gasteiger partial charge >= 0.3 is 12.1 Å². The lowest BCUT2D eigenvalue weighted by molar-refractivity contribution is -0.138. The van der Waals surface area contributed by atoms with Crippen LogP contribution in [0.4, 0.5) is 9.59 Å². The number of nitrogens with one attached hydrogen (secondary N) is 1. The largest absolute Gasteiger partial charge is 0.497 e. The van der Waals surface area contributed by atoms with E-state index >= 15 is 0 Å². The van der Waals surface area contributed by atoms with Crippen molar-refractivity contribution in [1.82, 2.24) is 15.1 Å². The van der Waals surface area contributed by atoms with Crippen molar-refractivity contribution in [1.29, 1.82) is 0 Å². The highest BCUT2D eigenvalue weighted by Crippen LogP contribution is 2.54. The quantitative estimate of drug-likeness (QED) is 0.685. The summed E-state index contributed by atoms with van der Waals surface area (Å²) in [6, 6.07) is 16.6. The second-order valence-corrected chi connectivity index (χ2v) is 10.5. The number of nitrogens with zero attached hydrogens (tertiary/aromatic N) is 2. The second kappa shape index (κ2) is 8.91. The summed E-state index contributed by atoms with van der Waals surface area (Å²) in [7, 11) is 3.31. The molecule has 1 N–H and O–H groups in total. The fourth-order valence-electron chi connectivity index (χ4n) is 5.08. The van der Waals surface area contributed by atoms with Gasteiger partial charge in [-0.05, 0) is 56.9 Å². The lowest BCUT2D eigenvalue weighted by atomic mass is 9.57. The minimum atomic E-state index is -0.712. The van der Waals surface area contributed by atoms with Crippen LogP contribution in [0.1, 0.15) is 51.2 Å². The Balaban J connectivity index is 1.52. The first-order valence-electron chi connectivity index (χ1n) is 11.7. The third-order valence-electron chi connectivity index (χ3n) is 6.79. The zero-order valence-electron chi connectivity index (χ0n) is 21.0. The van der Waals surface area contributed by atoms with E-state index in [0.29, 0.717) is 18.6 Å². The summed E-state index contributed by atoms with van der Waals surface area (Å²) in [5, 5.41) is 3.08. The maximum atomic E-state index is 13.1. The van der Waals surface area contributed by atoms with Crippen LogP contribution in [0.15, 0.2) is 54.6 Å². The van der Waals surface area contributed by atoms with Gasteiger partial charge in [0.25, 0.3) is 0 Å². The Bertz CT molecular complexity index is 1080. The molecule has 1 heterocycles. The first-order chi connectivity index (χ1) is 16.5. The molecule has 2 aromatic carbocycles. The van der Waals surface area contributed by atoms with Crippen molar-refractivity contribution in [2.45, 2.75) is 63.3 Å². The van der Waals surface area contributed by atoms with E-state index in [9.17, 15) is 14.4 Å². The molecule has 1 saturated heterocycles. The van der Waals surface area contributed by atoms with Crippen molar-refractivity contribution < 1.29 is 23.9 Å². The molecule has 35 heavy (non-hydrogen) atoms. The molecule has 0 atom stereocenters. The number of amides is 4. The maximum Gasteiger partial charge on any atom is 0.410 e. The molecule has 1 saturated carbocycles. The Morgan fingerprint density at radius 1 is 1.06 bits per heavy atom. The lowest BCUT2D eigenvalue weighted by Gasteiger charge is -2.61. The Morgan fingerprint density at radius 3 is 2.23 bits per heavy atom. The van der Waals surface area contributed by atoms with Gasteiger partial charge in [-0.3, -0.25) is 9.69 Å². The van der Waals surface area contributed by atoms with E-state index in [1.807, 2.05) is 63.2 Å². The zero-order chi connectivity index (χ0) is 25.4. The van der Waals surface area contributed by atoms with Gasteiger partial charge in [0.15, 0.2) is 0 Å². The van der Waals surface area contributed by atoms with Gasteiger partial charge in [-0.15, -0.1) is 0 Å². The number of ether oxygens (including phenoxy) is 2. The molecule has 0 bridgehead atoms. The minimum absolute atomic E-state index is 0.172. The van der Waals surface area contributed by atoms with E-state index in [0.717, 1.165) is 11.1 Å². The molecule has 186 valence electrons. The van der Waals surface area contributed by atoms with E-state index in [2.05, 4.69) is 5.32 Å². The first kappa shape index (κ1) is 24.6. The molecule has 8 nitrogen and oxygen atoms in total. The fourth-order valence-corrected chi connectivity index (χ4v) is 5.08. The van der Waals surface area contributed by atoms with Crippen molar-refractivity contribution in [2.24, 2.45) is 0 Å². The number of methoxy groups -OCH3 is 1. The molecule has 0 aromatic heterocycles. The number of hydrogen-bond donors (Lipinski definition) is 1. The van der Waals surface area contributed by atoms with Gasteiger partial charge in [0.1, 0.15) is 11.4 Å². The third kappa shape index (κ3) is 4.83. The summed E-state index contributed by atoms with van der Waals surface area (Å²) in [5.74, 6) is 0.481. The van der Waals surface area contributed by atoms with Crippen LogP contribution in [0.5, 0.6) is 5.75 Å². The number of carbonyl (C=O) groups is 3. The van der Waals surface area contributed by atoms with Crippen molar-refractivity contribution in [3.05, 3.63) is 65.7 Å². The summed E-state index contributed by atoms with van der Waals surface area (Å²) in [6.45, 7) is 5.67. The molecule has 2 aliphatic rings. The second-order valence-electron chi connectivity index (χ2n) is 10.5. The van der Waals surface area contributed by atoms with Gasteiger partial charge in [-0.2, -0.15) is 0 Å². The molecule has 1 aliphatic heterocycles. The monoisotopic (exact) mass is 479 g/mol. The van der Waals surface area contributed by atoms with Gasteiger partial charge in [0.05, 0.1) is 31.2 Å². The Morgan fingerprint density at radius 2 is 1.69 bits per heavy atom.